The van der Waals surface area contributed by atoms with E-state index in [0.29, 0.717) is 5.41 Å². The summed E-state index contributed by atoms with van der Waals surface area (Å²) in [4.78, 5) is 0. The van der Waals surface area contributed by atoms with Gasteiger partial charge in [-0.15, -0.1) is 0 Å². The number of unbranched alkanes of at least 4 members (excludes halogenated alkanes) is 1. The Morgan fingerprint density at radius 2 is 1.56 bits per heavy atom. The summed E-state index contributed by atoms with van der Waals surface area (Å²) in [6.45, 7) is 14.4. The molecular weight excluding hydrogens is 216 g/mol. The molecule has 0 aromatic heterocycles. The molecule has 0 fully saturated rings. The molecule has 0 amide bonds. The van der Waals surface area contributed by atoms with E-state index in [1.807, 2.05) is 0 Å². The van der Waals surface area contributed by atoms with E-state index < -0.39 is 0 Å². The Kier molecular flexibility index (Phi) is 9.87. The second-order valence-electron chi connectivity index (χ2n) is 6.69. The Morgan fingerprint density at radius 3 is 2.00 bits per heavy atom. The molecule has 0 radical (unpaired) electrons. The van der Waals surface area contributed by atoms with Crippen molar-refractivity contribution in [3.63, 3.8) is 0 Å². The van der Waals surface area contributed by atoms with Gasteiger partial charge in [-0.3, -0.25) is 0 Å². The van der Waals surface area contributed by atoms with Gasteiger partial charge in [-0.05, 0) is 30.1 Å². The van der Waals surface area contributed by atoms with Gasteiger partial charge in [0.2, 0.25) is 0 Å². The van der Waals surface area contributed by atoms with Gasteiger partial charge < -0.3 is 0 Å². The van der Waals surface area contributed by atoms with Crippen LogP contribution in [0.1, 0.15) is 99.3 Å². The van der Waals surface area contributed by atoms with Gasteiger partial charge >= 0.3 is 0 Å². The van der Waals surface area contributed by atoms with Gasteiger partial charge in [0, 0.05) is 0 Å². The first-order chi connectivity index (χ1) is 8.53. The molecule has 0 saturated carbocycles. The van der Waals surface area contributed by atoms with Crippen molar-refractivity contribution in [1.82, 2.24) is 0 Å². The van der Waals surface area contributed by atoms with E-state index in [4.69, 9.17) is 0 Å². The smallest absolute Gasteiger partial charge is 0.0300 e. The summed E-state index contributed by atoms with van der Waals surface area (Å²) < 4.78 is 0. The van der Waals surface area contributed by atoms with Crippen LogP contribution in [0.4, 0.5) is 0 Å². The third-order valence-corrected chi connectivity index (χ3v) is 5.24. The summed E-state index contributed by atoms with van der Waals surface area (Å²) in [6, 6.07) is 0. The predicted octanol–water partition coefficient (Wildman–Crippen LogP) is 6.84. The van der Waals surface area contributed by atoms with Crippen molar-refractivity contribution in [2.75, 3.05) is 0 Å². The zero-order valence-electron chi connectivity index (χ0n) is 14.0. The maximum atomic E-state index is 2.56. The van der Waals surface area contributed by atoms with Crippen molar-refractivity contribution < 1.29 is 0 Å². The summed E-state index contributed by atoms with van der Waals surface area (Å²) in [7, 11) is 0. The Hall–Kier alpha value is 0. The van der Waals surface area contributed by atoms with E-state index in [2.05, 4.69) is 41.5 Å². The topological polar surface area (TPSA) is 0 Å². The minimum Gasteiger partial charge on any atom is -0.0654 e. The van der Waals surface area contributed by atoms with Gasteiger partial charge in [0.15, 0.2) is 0 Å². The first-order valence-electron chi connectivity index (χ1n) is 8.53. The van der Waals surface area contributed by atoms with Crippen LogP contribution in [0.5, 0.6) is 0 Å². The summed E-state index contributed by atoms with van der Waals surface area (Å²) >= 11 is 0. The molecule has 0 aromatic rings. The van der Waals surface area contributed by atoms with Crippen molar-refractivity contribution in [2.45, 2.75) is 99.3 Å². The predicted molar refractivity (Wildman–Crippen MR) is 85.0 cm³/mol. The average molecular weight is 255 g/mol. The lowest BCUT2D eigenvalue weighted by Gasteiger charge is -2.38. The average Bonchev–Trinajstić information content (AvgIpc) is 2.40. The maximum Gasteiger partial charge on any atom is -0.0300 e. The molecule has 0 bridgehead atoms. The summed E-state index contributed by atoms with van der Waals surface area (Å²) in [6.07, 6.45) is 12.6. The quantitative estimate of drug-likeness (QED) is 0.379. The van der Waals surface area contributed by atoms with Gasteiger partial charge in [0.05, 0.1) is 0 Å². The SMILES string of the molecule is CCCCC(C)(CC)C(CCC)CCC(C)CC. The Morgan fingerprint density at radius 1 is 0.889 bits per heavy atom. The highest BCUT2D eigenvalue weighted by Gasteiger charge is 2.31. The van der Waals surface area contributed by atoms with Crippen molar-refractivity contribution >= 4 is 0 Å². The monoisotopic (exact) mass is 254 g/mol. The Balaban J connectivity index is 4.49. The molecule has 0 aromatic carbocycles. The normalized spacial score (nSPS) is 18.3. The minimum atomic E-state index is 0.597. The summed E-state index contributed by atoms with van der Waals surface area (Å²) in [5, 5.41) is 0. The van der Waals surface area contributed by atoms with Gasteiger partial charge in [-0.2, -0.15) is 0 Å². The van der Waals surface area contributed by atoms with Crippen LogP contribution in [0.15, 0.2) is 0 Å². The first kappa shape index (κ1) is 18.0. The molecule has 0 spiro atoms. The highest BCUT2D eigenvalue weighted by atomic mass is 14.4. The molecule has 0 saturated heterocycles. The molecule has 0 rings (SSSR count). The number of hydrogen-bond acceptors (Lipinski definition) is 0. The summed E-state index contributed by atoms with van der Waals surface area (Å²) in [5.41, 5.74) is 0.597. The molecule has 0 aliphatic carbocycles. The minimum absolute atomic E-state index is 0.597. The first-order valence-corrected chi connectivity index (χ1v) is 8.53. The van der Waals surface area contributed by atoms with Crippen LogP contribution in [0, 0.1) is 17.3 Å². The van der Waals surface area contributed by atoms with Crippen LogP contribution >= 0.6 is 0 Å². The van der Waals surface area contributed by atoms with Crippen LogP contribution in [0.2, 0.25) is 0 Å². The molecule has 0 heterocycles. The lowest BCUT2D eigenvalue weighted by atomic mass is 9.67. The molecule has 18 heavy (non-hydrogen) atoms. The van der Waals surface area contributed by atoms with Crippen LogP contribution in [-0.2, 0) is 0 Å². The van der Waals surface area contributed by atoms with Crippen molar-refractivity contribution in [3.05, 3.63) is 0 Å². The van der Waals surface area contributed by atoms with E-state index in [1.54, 1.807) is 0 Å². The van der Waals surface area contributed by atoms with Gasteiger partial charge in [-0.25, -0.2) is 0 Å². The van der Waals surface area contributed by atoms with Gasteiger partial charge in [0.1, 0.15) is 0 Å². The zero-order valence-corrected chi connectivity index (χ0v) is 14.0. The third-order valence-electron chi connectivity index (χ3n) is 5.24. The van der Waals surface area contributed by atoms with Gasteiger partial charge in [-0.1, -0.05) is 86.5 Å². The van der Waals surface area contributed by atoms with Crippen molar-refractivity contribution in [3.8, 4) is 0 Å². The van der Waals surface area contributed by atoms with E-state index in [9.17, 15) is 0 Å². The lowest BCUT2D eigenvalue weighted by Crippen LogP contribution is -2.27. The van der Waals surface area contributed by atoms with E-state index in [1.165, 1.54) is 57.8 Å². The Bertz CT molecular complexity index is 184. The molecule has 3 unspecified atom stereocenters. The molecule has 3 atom stereocenters. The largest absolute Gasteiger partial charge is 0.0654 e. The second kappa shape index (κ2) is 9.87. The highest BCUT2D eigenvalue weighted by Crippen LogP contribution is 2.42. The molecule has 0 N–H and O–H groups in total. The van der Waals surface area contributed by atoms with E-state index in [0.717, 1.165) is 11.8 Å². The van der Waals surface area contributed by atoms with Crippen LogP contribution in [0.3, 0.4) is 0 Å². The lowest BCUT2D eigenvalue weighted by molar-refractivity contribution is 0.128. The maximum absolute atomic E-state index is 2.56. The molecule has 0 heteroatoms. The number of hydrogen-bond donors (Lipinski definition) is 0. The molecular formula is C18H38. The van der Waals surface area contributed by atoms with Crippen molar-refractivity contribution in [2.24, 2.45) is 17.3 Å². The molecule has 110 valence electrons. The third kappa shape index (κ3) is 6.25. The molecule has 0 nitrogen and oxygen atoms in total. The summed E-state index contributed by atoms with van der Waals surface area (Å²) in [5.74, 6) is 1.87. The van der Waals surface area contributed by atoms with E-state index >= 15 is 0 Å². The fourth-order valence-corrected chi connectivity index (χ4v) is 3.13. The van der Waals surface area contributed by atoms with E-state index in [-0.39, 0.29) is 0 Å². The fraction of sp³-hybridized carbons (Fsp3) is 1.00. The second-order valence-corrected chi connectivity index (χ2v) is 6.69. The number of rotatable bonds is 11. The molecule has 0 aliphatic rings. The zero-order chi connectivity index (χ0) is 14.0. The van der Waals surface area contributed by atoms with Crippen LogP contribution in [0.25, 0.3) is 0 Å². The van der Waals surface area contributed by atoms with Crippen LogP contribution in [-0.4, -0.2) is 0 Å². The van der Waals surface area contributed by atoms with Crippen molar-refractivity contribution in [1.29, 1.82) is 0 Å². The van der Waals surface area contributed by atoms with Gasteiger partial charge in [0.25, 0.3) is 0 Å². The Labute approximate surface area is 117 Å². The highest BCUT2D eigenvalue weighted by molar-refractivity contribution is 4.81. The van der Waals surface area contributed by atoms with Crippen LogP contribution < -0.4 is 0 Å². The standard InChI is InChI=1S/C18H38/c1-7-11-15-18(6,10-4)17(12-8-2)14-13-16(5)9-3/h16-17H,7-15H2,1-6H3. The molecule has 0 aliphatic heterocycles. The fourth-order valence-electron chi connectivity index (χ4n) is 3.13.